The Balaban J connectivity index is 0. The van der Waals surface area contributed by atoms with Gasteiger partial charge in [-0.15, -0.1) is 6.54 Å². The van der Waals surface area contributed by atoms with Crippen LogP contribution in [0.3, 0.4) is 0 Å². The molecule has 0 aromatic rings. The van der Waals surface area contributed by atoms with Gasteiger partial charge in [0.05, 0.1) is 0 Å². The monoisotopic (exact) mass is 203 g/mol. The molecule has 0 aliphatic carbocycles. The van der Waals surface area contributed by atoms with E-state index in [1.54, 1.807) is 0 Å². The number of likely N-dealkylation sites (tertiary alicyclic amines) is 1. The summed E-state index contributed by atoms with van der Waals surface area (Å²) < 4.78 is 0. The van der Waals surface area contributed by atoms with Crippen LogP contribution in [0.15, 0.2) is 0 Å². The minimum absolute atomic E-state index is 0. The molecule has 1 fully saturated rings. The molecule has 2 heteroatoms. The third-order valence-electron chi connectivity index (χ3n) is 1.16. The molecule has 1 heterocycles. The van der Waals surface area contributed by atoms with E-state index in [0.717, 1.165) is 0 Å². The SMILES string of the molecule is CC.CN1C[CH-]CC1.[Y]. The smallest absolute Gasteiger partial charge is 0 e. The molecule has 0 atom stereocenters. The van der Waals surface area contributed by atoms with Crippen molar-refractivity contribution in [1.29, 1.82) is 0 Å². The molecule has 0 aromatic carbocycles. The van der Waals surface area contributed by atoms with Gasteiger partial charge in [-0.05, 0) is 13.6 Å². The van der Waals surface area contributed by atoms with E-state index < -0.39 is 0 Å². The Morgan fingerprint density at radius 2 is 1.89 bits per heavy atom. The number of hydrogen-bond acceptors (Lipinski definition) is 1. The zero-order chi connectivity index (χ0) is 6.41. The molecule has 1 rings (SSSR count). The molecule has 0 bridgehead atoms. The van der Waals surface area contributed by atoms with Gasteiger partial charge in [0, 0.05) is 32.7 Å². The Morgan fingerprint density at radius 1 is 1.33 bits per heavy atom. The van der Waals surface area contributed by atoms with Crippen LogP contribution in [0, 0.1) is 6.42 Å². The second kappa shape index (κ2) is 9.06. The van der Waals surface area contributed by atoms with Crippen LogP contribution in [-0.4, -0.2) is 25.0 Å². The first-order valence-corrected chi connectivity index (χ1v) is 3.40. The maximum atomic E-state index is 2.31. The molecule has 0 spiro atoms. The summed E-state index contributed by atoms with van der Waals surface area (Å²) >= 11 is 0. The number of hydrogen-bond donors (Lipinski definition) is 0. The summed E-state index contributed by atoms with van der Waals surface area (Å²) in [5, 5.41) is 0. The normalized spacial score (nSPS) is 17.7. The maximum Gasteiger partial charge on any atom is 0 e. The van der Waals surface area contributed by atoms with Crippen molar-refractivity contribution < 1.29 is 32.7 Å². The molecule has 1 saturated heterocycles. The van der Waals surface area contributed by atoms with Crippen LogP contribution in [0.5, 0.6) is 0 Å². The van der Waals surface area contributed by atoms with Gasteiger partial charge in [0.2, 0.25) is 0 Å². The number of rotatable bonds is 0. The van der Waals surface area contributed by atoms with Gasteiger partial charge in [-0.2, -0.15) is 6.42 Å². The Bertz CT molecular complexity index is 42.2. The molecule has 53 valence electrons. The summed E-state index contributed by atoms with van der Waals surface area (Å²) in [7, 11) is 2.14. The summed E-state index contributed by atoms with van der Waals surface area (Å²) in [4.78, 5) is 2.31. The molecule has 1 radical (unpaired) electrons. The first kappa shape index (κ1) is 12.7. The Morgan fingerprint density at radius 3 is 2.00 bits per heavy atom. The van der Waals surface area contributed by atoms with Crippen molar-refractivity contribution in [2.45, 2.75) is 20.3 Å². The second-order valence-corrected chi connectivity index (χ2v) is 1.84. The Hall–Kier alpha value is 1.06. The molecule has 1 nitrogen and oxygen atoms in total. The molecule has 9 heavy (non-hydrogen) atoms. The van der Waals surface area contributed by atoms with Gasteiger partial charge in [0.25, 0.3) is 0 Å². The maximum absolute atomic E-state index is 2.31. The van der Waals surface area contributed by atoms with Crippen molar-refractivity contribution in [3.8, 4) is 0 Å². The van der Waals surface area contributed by atoms with Crippen LogP contribution in [0.4, 0.5) is 0 Å². The summed E-state index contributed by atoms with van der Waals surface area (Å²) in [6.07, 6.45) is 3.59. The van der Waals surface area contributed by atoms with Crippen LogP contribution in [0.25, 0.3) is 0 Å². The fourth-order valence-corrected chi connectivity index (χ4v) is 0.715. The average molecular weight is 203 g/mol. The topological polar surface area (TPSA) is 3.24 Å². The largest absolute Gasteiger partial charge is 0.338 e. The van der Waals surface area contributed by atoms with Crippen LogP contribution in [0.1, 0.15) is 20.3 Å². The Kier molecular flexibility index (Phi) is 12.8. The van der Waals surface area contributed by atoms with E-state index in [9.17, 15) is 0 Å². The van der Waals surface area contributed by atoms with E-state index in [0.29, 0.717) is 0 Å². The van der Waals surface area contributed by atoms with Crippen molar-refractivity contribution in [3.63, 3.8) is 0 Å². The summed E-state index contributed by atoms with van der Waals surface area (Å²) in [6, 6.07) is 0. The standard InChI is InChI=1S/C5H10N.C2H6.Y/c1-6-4-2-3-5-6;1-2;/h2H,3-5H2,1H3;1-2H3;/q-1;;. The van der Waals surface area contributed by atoms with E-state index in [1.165, 1.54) is 19.5 Å². The van der Waals surface area contributed by atoms with Crippen molar-refractivity contribution >= 4 is 0 Å². The van der Waals surface area contributed by atoms with Crippen molar-refractivity contribution in [2.24, 2.45) is 0 Å². The molecule has 1 aliphatic rings. The van der Waals surface area contributed by atoms with E-state index in [2.05, 4.69) is 18.4 Å². The van der Waals surface area contributed by atoms with Crippen LogP contribution >= 0.6 is 0 Å². The minimum atomic E-state index is 0. The molecule has 0 amide bonds. The van der Waals surface area contributed by atoms with Crippen molar-refractivity contribution in [1.82, 2.24) is 4.90 Å². The zero-order valence-electron chi connectivity index (χ0n) is 6.72. The van der Waals surface area contributed by atoms with E-state index in [1.807, 2.05) is 13.8 Å². The van der Waals surface area contributed by atoms with Gasteiger partial charge in [-0.1, -0.05) is 13.8 Å². The molecular formula is C7H16NY-. The van der Waals surface area contributed by atoms with Crippen LogP contribution < -0.4 is 0 Å². The van der Waals surface area contributed by atoms with Crippen molar-refractivity contribution in [3.05, 3.63) is 6.42 Å². The van der Waals surface area contributed by atoms with E-state index in [-0.39, 0.29) is 32.7 Å². The molecule has 1 aliphatic heterocycles. The second-order valence-electron chi connectivity index (χ2n) is 1.84. The average Bonchev–Trinajstić information content (AvgIpc) is 2.24. The molecule has 0 saturated carbocycles. The van der Waals surface area contributed by atoms with Crippen molar-refractivity contribution in [2.75, 3.05) is 20.1 Å². The quantitative estimate of drug-likeness (QED) is 0.540. The molecule has 0 aromatic heterocycles. The van der Waals surface area contributed by atoms with Crippen LogP contribution in [-0.2, 0) is 32.7 Å². The first-order valence-electron chi connectivity index (χ1n) is 3.40. The van der Waals surface area contributed by atoms with Gasteiger partial charge in [0.15, 0.2) is 0 Å². The third kappa shape index (κ3) is 6.96. The minimum Gasteiger partial charge on any atom is -0.338 e. The van der Waals surface area contributed by atoms with Gasteiger partial charge in [-0.3, -0.25) is 0 Å². The van der Waals surface area contributed by atoms with E-state index in [4.69, 9.17) is 0 Å². The van der Waals surface area contributed by atoms with E-state index >= 15 is 0 Å². The predicted octanol–water partition coefficient (Wildman–Crippen LogP) is 1.55. The van der Waals surface area contributed by atoms with Gasteiger partial charge in [0.1, 0.15) is 0 Å². The predicted molar refractivity (Wildman–Crippen MR) is 37.8 cm³/mol. The Labute approximate surface area is 84.1 Å². The fourth-order valence-electron chi connectivity index (χ4n) is 0.715. The first-order chi connectivity index (χ1) is 3.89. The molecule has 0 unspecified atom stereocenters. The van der Waals surface area contributed by atoms with Gasteiger partial charge >= 0.3 is 0 Å². The van der Waals surface area contributed by atoms with Gasteiger partial charge in [-0.25, -0.2) is 0 Å². The summed E-state index contributed by atoms with van der Waals surface area (Å²) in [5.74, 6) is 0. The number of nitrogens with zero attached hydrogens (tertiary/aromatic N) is 1. The summed E-state index contributed by atoms with van der Waals surface area (Å²) in [6.45, 7) is 6.46. The molecular weight excluding hydrogens is 187 g/mol. The summed E-state index contributed by atoms with van der Waals surface area (Å²) in [5.41, 5.74) is 0. The third-order valence-corrected chi connectivity index (χ3v) is 1.16. The fraction of sp³-hybridized carbons (Fsp3) is 0.857. The van der Waals surface area contributed by atoms with Crippen LogP contribution in [0.2, 0.25) is 0 Å². The molecule has 0 N–H and O–H groups in total. The van der Waals surface area contributed by atoms with Gasteiger partial charge < -0.3 is 11.3 Å². The zero-order valence-corrected chi connectivity index (χ0v) is 9.56.